The number of hydrogen-bond acceptors (Lipinski definition) is 6. The third-order valence-corrected chi connectivity index (χ3v) is 3.75. The molecule has 0 saturated heterocycles. The summed E-state index contributed by atoms with van der Waals surface area (Å²) in [7, 11) is 0. The van der Waals surface area contributed by atoms with Crippen molar-refractivity contribution in [1.82, 2.24) is 24.8 Å². The van der Waals surface area contributed by atoms with Crippen LogP contribution in [0.5, 0.6) is 0 Å². The number of rotatable bonds is 6. The van der Waals surface area contributed by atoms with Crippen LogP contribution >= 0.6 is 23.2 Å². The Morgan fingerprint density at radius 2 is 2.00 bits per heavy atom. The van der Waals surface area contributed by atoms with Crippen LogP contribution in [-0.2, 0) is 11.3 Å². The zero-order valence-electron chi connectivity index (χ0n) is 13.9. The summed E-state index contributed by atoms with van der Waals surface area (Å²) in [6.07, 6.45) is 2.62. The van der Waals surface area contributed by atoms with Gasteiger partial charge < -0.3 is 14.6 Å². The quantitative estimate of drug-likeness (QED) is 0.767. The van der Waals surface area contributed by atoms with Crippen LogP contribution in [0.25, 0.3) is 0 Å². The topological polar surface area (TPSA) is 101 Å². The molecule has 25 heavy (non-hydrogen) atoms. The Labute approximate surface area is 154 Å². The predicted molar refractivity (Wildman–Crippen MR) is 91.6 cm³/mol. The van der Waals surface area contributed by atoms with Crippen LogP contribution in [0.1, 0.15) is 47.4 Å². The summed E-state index contributed by atoms with van der Waals surface area (Å²) < 4.78 is 4.96. The van der Waals surface area contributed by atoms with E-state index in [9.17, 15) is 9.59 Å². The highest BCUT2D eigenvalue weighted by molar-refractivity contribution is 6.34. The van der Waals surface area contributed by atoms with Crippen LogP contribution in [0.2, 0.25) is 10.3 Å². The standard InChI is InChI=1S/C15H17Cl2N5O3/c1-4-25-15(24)11-9(19-7-20-11)6-22(8(2)3)14(23)12-13(17)21-10(16)5-18-12/h5,7-8H,4,6H2,1-3H3,(H,19,20). The normalized spacial score (nSPS) is 10.8. The van der Waals surface area contributed by atoms with E-state index in [-0.39, 0.29) is 40.9 Å². The fraction of sp³-hybridized carbons (Fsp3) is 0.400. The molecule has 2 rings (SSSR count). The van der Waals surface area contributed by atoms with Crippen LogP contribution < -0.4 is 0 Å². The third kappa shape index (κ3) is 4.46. The van der Waals surface area contributed by atoms with Crippen molar-refractivity contribution in [2.75, 3.05) is 6.61 Å². The monoisotopic (exact) mass is 385 g/mol. The van der Waals surface area contributed by atoms with E-state index in [1.807, 2.05) is 13.8 Å². The lowest BCUT2D eigenvalue weighted by molar-refractivity contribution is 0.0512. The van der Waals surface area contributed by atoms with E-state index < -0.39 is 11.9 Å². The fourth-order valence-corrected chi connectivity index (χ4v) is 2.50. The van der Waals surface area contributed by atoms with Crippen molar-refractivity contribution < 1.29 is 14.3 Å². The van der Waals surface area contributed by atoms with Crippen molar-refractivity contribution in [3.8, 4) is 0 Å². The first-order valence-corrected chi connectivity index (χ1v) is 8.29. The molecule has 0 unspecified atom stereocenters. The Morgan fingerprint density at radius 1 is 1.28 bits per heavy atom. The Kier molecular flexibility index (Phi) is 6.33. The summed E-state index contributed by atoms with van der Waals surface area (Å²) in [6, 6.07) is -0.195. The van der Waals surface area contributed by atoms with Gasteiger partial charge in [-0.25, -0.2) is 19.7 Å². The highest BCUT2D eigenvalue weighted by Crippen LogP contribution is 2.19. The summed E-state index contributed by atoms with van der Waals surface area (Å²) >= 11 is 11.7. The average molecular weight is 386 g/mol. The molecule has 0 aliphatic heterocycles. The molecule has 0 saturated carbocycles. The maximum absolute atomic E-state index is 12.8. The van der Waals surface area contributed by atoms with E-state index in [0.29, 0.717) is 5.69 Å². The minimum atomic E-state index is -0.556. The summed E-state index contributed by atoms with van der Waals surface area (Å²) in [4.78, 5) is 40.9. The Bertz CT molecular complexity index is 778. The van der Waals surface area contributed by atoms with Crippen molar-refractivity contribution >= 4 is 35.1 Å². The summed E-state index contributed by atoms with van der Waals surface area (Å²) in [6.45, 7) is 5.69. The number of hydrogen-bond donors (Lipinski definition) is 1. The largest absolute Gasteiger partial charge is 0.461 e. The molecule has 0 bridgehead atoms. The molecule has 8 nitrogen and oxygen atoms in total. The van der Waals surface area contributed by atoms with E-state index in [1.54, 1.807) is 6.92 Å². The molecule has 134 valence electrons. The van der Waals surface area contributed by atoms with Crippen molar-refractivity contribution in [3.05, 3.63) is 39.9 Å². The van der Waals surface area contributed by atoms with Crippen LogP contribution in [-0.4, -0.2) is 49.4 Å². The van der Waals surface area contributed by atoms with Crippen LogP contribution in [0, 0.1) is 0 Å². The molecule has 1 N–H and O–H groups in total. The number of carbonyl (C=O) groups is 2. The number of aromatic amines is 1. The van der Waals surface area contributed by atoms with Crippen LogP contribution in [0.4, 0.5) is 0 Å². The van der Waals surface area contributed by atoms with Gasteiger partial charge in [0.25, 0.3) is 5.91 Å². The molecular formula is C15H17Cl2N5O3. The SMILES string of the molecule is CCOC(=O)c1nc[nH]c1CN(C(=O)c1ncc(Cl)nc1Cl)C(C)C. The molecule has 2 heterocycles. The van der Waals surface area contributed by atoms with Crippen molar-refractivity contribution in [2.24, 2.45) is 0 Å². The molecule has 10 heteroatoms. The molecule has 0 spiro atoms. The number of esters is 1. The number of H-pyrrole nitrogens is 1. The van der Waals surface area contributed by atoms with Gasteiger partial charge in [0.15, 0.2) is 16.5 Å². The molecule has 2 aromatic heterocycles. The molecule has 2 aromatic rings. The molecule has 0 atom stereocenters. The smallest absolute Gasteiger partial charge is 0.358 e. The second-order valence-corrected chi connectivity index (χ2v) is 6.05. The molecule has 0 fully saturated rings. The van der Waals surface area contributed by atoms with E-state index in [0.717, 1.165) is 0 Å². The van der Waals surface area contributed by atoms with E-state index in [2.05, 4.69) is 19.9 Å². The van der Waals surface area contributed by atoms with Gasteiger partial charge in [-0.15, -0.1) is 0 Å². The Balaban J connectivity index is 2.29. The van der Waals surface area contributed by atoms with Gasteiger partial charge in [-0.05, 0) is 20.8 Å². The van der Waals surface area contributed by atoms with Crippen molar-refractivity contribution in [3.63, 3.8) is 0 Å². The number of imidazole rings is 1. The fourth-order valence-electron chi connectivity index (χ4n) is 2.10. The Hall–Kier alpha value is -2.19. The number of ether oxygens (including phenoxy) is 1. The molecule has 0 aliphatic carbocycles. The average Bonchev–Trinajstić information content (AvgIpc) is 3.00. The van der Waals surface area contributed by atoms with Gasteiger partial charge in [0, 0.05) is 6.04 Å². The van der Waals surface area contributed by atoms with E-state index in [1.165, 1.54) is 17.4 Å². The van der Waals surface area contributed by atoms with Gasteiger partial charge in [-0.1, -0.05) is 23.2 Å². The first-order valence-electron chi connectivity index (χ1n) is 7.53. The zero-order valence-corrected chi connectivity index (χ0v) is 15.4. The summed E-state index contributed by atoms with van der Waals surface area (Å²) in [5.41, 5.74) is 0.573. The maximum atomic E-state index is 12.8. The molecule has 0 aliphatic rings. The molecular weight excluding hydrogens is 369 g/mol. The number of amides is 1. The highest BCUT2D eigenvalue weighted by Gasteiger charge is 2.26. The van der Waals surface area contributed by atoms with Gasteiger partial charge in [0.1, 0.15) is 5.15 Å². The highest BCUT2D eigenvalue weighted by atomic mass is 35.5. The van der Waals surface area contributed by atoms with Crippen molar-refractivity contribution in [2.45, 2.75) is 33.4 Å². The van der Waals surface area contributed by atoms with Crippen LogP contribution in [0.3, 0.4) is 0 Å². The third-order valence-electron chi connectivity index (χ3n) is 3.30. The van der Waals surface area contributed by atoms with Gasteiger partial charge in [-0.3, -0.25) is 4.79 Å². The number of carbonyl (C=O) groups excluding carboxylic acids is 2. The van der Waals surface area contributed by atoms with Gasteiger partial charge in [0.2, 0.25) is 0 Å². The number of aromatic nitrogens is 4. The lowest BCUT2D eigenvalue weighted by Crippen LogP contribution is -2.37. The lowest BCUT2D eigenvalue weighted by Gasteiger charge is -2.26. The van der Waals surface area contributed by atoms with E-state index >= 15 is 0 Å². The van der Waals surface area contributed by atoms with Gasteiger partial charge >= 0.3 is 5.97 Å². The van der Waals surface area contributed by atoms with Gasteiger partial charge in [0.05, 0.1) is 31.4 Å². The molecule has 1 amide bonds. The molecule has 0 radical (unpaired) electrons. The second-order valence-electron chi connectivity index (χ2n) is 5.31. The van der Waals surface area contributed by atoms with Crippen molar-refractivity contribution in [1.29, 1.82) is 0 Å². The lowest BCUT2D eigenvalue weighted by atomic mass is 10.2. The summed E-state index contributed by atoms with van der Waals surface area (Å²) in [5.74, 6) is -0.993. The minimum absolute atomic E-state index is 0.0167. The van der Waals surface area contributed by atoms with E-state index in [4.69, 9.17) is 27.9 Å². The minimum Gasteiger partial charge on any atom is -0.461 e. The first kappa shape index (κ1) is 19.1. The number of halogens is 2. The molecule has 0 aromatic carbocycles. The second kappa shape index (κ2) is 8.26. The number of nitrogens with zero attached hydrogens (tertiary/aromatic N) is 4. The Morgan fingerprint density at radius 3 is 2.60 bits per heavy atom. The van der Waals surface area contributed by atoms with Gasteiger partial charge in [-0.2, -0.15) is 0 Å². The first-order chi connectivity index (χ1) is 11.8. The van der Waals surface area contributed by atoms with Crippen LogP contribution in [0.15, 0.2) is 12.5 Å². The predicted octanol–water partition coefficient (Wildman–Crippen LogP) is 2.73. The number of nitrogens with one attached hydrogen (secondary N) is 1. The maximum Gasteiger partial charge on any atom is 0.358 e. The summed E-state index contributed by atoms with van der Waals surface area (Å²) in [5, 5.41) is 0.00851. The zero-order chi connectivity index (χ0) is 18.6.